The van der Waals surface area contributed by atoms with Crippen LogP contribution in [-0.4, -0.2) is 32.6 Å². The number of rotatable bonds is 7. The highest BCUT2D eigenvalue weighted by Gasteiger charge is 2.25. The molecule has 5 rings (SSSR count). The molecule has 1 amide bonds. The summed E-state index contributed by atoms with van der Waals surface area (Å²) in [5.74, 6) is 1.23. The molecular weight excluding hydrogens is 458 g/mol. The SMILES string of the molecule is Cc1nc2c(cc(OCC(=O)NC(c3nc(-c4cccnc4)no3)C(C)C)c3ccsc32)s1. The first-order valence-corrected chi connectivity index (χ1v) is 12.1. The molecule has 1 aromatic carbocycles. The van der Waals surface area contributed by atoms with Crippen molar-refractivity contribution in [2.75, 3.05) is 6.61 Å². The Balaban J connectivity index is 1.31. The van der Waals surface area contributed by atoms with Gasteiger partial charge in [-0.25, -0.2) is 4.98 Å². The number of aryl methyl sites for hydroxylation is 1. The van der Waals surface area contributed by atoms with E-state index in [4.69, 9.17) is 9.26 Å². The topological polar surface area (TPSA) is 103 Å². The smallest absolute Gasteiger partial charge is 0.258 e. The number of benzene rings is 1. The summed E-state index contributed by atoms with van der Waals surface area (Å²) in [6.07, 6.45) is 3.34. The predicted octanol–water partition coefficient (Wildman–Crippen LogP) is 5.16. The molecule has 10 heteroatoms. The maximum atomic E-state index is 12.8. The van der Waals surface area contributed by atoms with Crippen molar-refractivity contribution >= 4 is 48.9 Å². The van der Waals surface area contributed by atoms with Crippen LogP contribution in [0, 0.1) is 12.8 Å². The van der Waals surface area contributed by atoms with E-state index in [9.17, 15) is 4.79 Å². The number of fused-ring (bicyclic) bond motifs is 3. The van der Waals surface area contributed by atoms with Crippen LogP contribution < -0.4 is 10.1 Å². The first-order chi connectivity index (χ1) is 16.0. The molecule has 1 unspecified atom stereocenters. The van der Waals surface area contributed by atoms with E-state index in [0.29, 0.717) is 17.5 Å². The third-order valence-corrected chi connectivity index (χ3v) is 6.98. The average Bonchev–Trinajstić information content (AvgIpc) is 3.55. The zero-order chi connectivity index (χ0) is 22.9. The molecule has 5 aromatic rings. The highest BCUT2D eigenvalue weighted by atomic mass is 32.1. The largest absolute Gasteiger partial charge is 0.483 e. The molecule has 168 valence electrons. The summed E-state index contributed by atoms with van der Waals surface area (Å²) in [7, 11) is 0. The van der Waals surface area contributed by atoms with Crippen LogP contribution in [0.2, 0.25) is 0 Å². The van der Waals surface area contributed by atoms with E-state index in [1.807, 2.05) is 44.4 Å². The number of thiophene rings is 1. The van der Waals surface area contributed by atoms with E-state index in [-0.39, 0.29) is 18.4 Å². The van der Waals surface area contributed by atoms with Gasteiger partial charge in [0.15, 0.2) is 6.61 Å². The Morgan fingerprint density at radius 3 is 2.94 bits per heavy atom. The minimum atomic E-state index is -0.438. The molecule has 1 N–H and O–H groups in total. The molecular formula is C23H21N5O3S2. The fourth-order valence-electron chi connectivity index (χ4n) is 3.55. The molecule has 0 aliphatic rings. The second-order valence-corrected chi connectivity index (χ2v) is 10.0. The van der Waals surface area contributed by atoms with Crippen molar-refractivity contribution in [1.82, 2.24) is 25.4 Å². The standard InChI is InChI=1S/C23H21N5O3S2/c1-12(2)19(23-27-22(28-31-23)14-5-4-7-24-10-14)26-18(29)11-30-16-9-17-20(25-13(3)33-17)21-15(16)6-8-32-21/h4-10,12,19H,11H2,1-3H3,(H,26,29). The molecule has 4 heterocycles. The molecule has 0 aliphatic heterocycles. The van der Waals surface area contributed by atoms with Crippen molar-refractivity contribution in [3.63, 3.8) is 0 Å². The average molecular weight is 480 g/mol. The normalized spacial score (nSPS) is 12.5. The lowest BCUT2D eigenvalue weighted by Gasteiger charge is -2.18. The Kier molecular flexibility index (Phi) is 5.77. The van der Waals surface area contributed by atoms with Crippen molar-refractivity contribution in [2.45, 2.75) is 26.8 Å². The van der Waals surface area contributed by atoms with E-state index in [1.54, 1.807) is 41.1 Å². The number of nitrogens with one attached hydrogen (secondary N) is 1. The van der Waals surface area contributed by atoms with Crippen LogP contribution in [0.15, 0.2) is 46.6 Å². The van der Waals surface area contributed by atoms with Crippen LogP contribution >= 0.6 is 22.7 Å². The van der Waals surface area contributed by atoms with Crippen LogP contribution in [0.1, 0.15) is 30.8 Å². The van der Waals surface area contributed by atoms with Gasteiger partial charge in [0.25, 0.3) is 5.91 Å². The number of hydrogen-bond donors (Lipinski definition) is 1. The number of carbonyl (C=O) groups is 1. The Morgan fingerprint density at radius 2 is 2.15 bits per heavy atom. The lowest BCUT2D eigenvalue weighted by molar-refractivity contribution is -0.124. The number of hydrogen-bond acceptors (Lipinski definition) is 9. The molecule has 0 fully saturated rings. The molecule has 33 heavy (non-hydrogen) atoms. The van der Waals surface area contributed by atoms with Gasteiger partial charge in [0, 0.05) is 29.4 Å². The molecule has 4 aromatic heterocycles. The van der Waals surface area contributed by atoms with Gasteiger partial charge in [-0.15, -0.1) is 22.7 Å². The first-order valence-electron chi connectivity index (χ1n) is 10.4. The molecule has 1 atom stereocenters. The van der Waals surface area contributed by atoms with Crippen molar-refractivity contribution in [2.24, 2.45) is 5.92 Å². The zero-order valence-corrected chi connectivity index (χ0v) is 19.9. The van der Waals surface area contributed by atoms with Gasteiger partial charge in [-0.3, -0.25) is 9.78 Å². The lowest BCUT2D eigenvalue weighted by atomic mass is 10.0. The number of thiazole rings is 1. The highest BCUT2D eigenvalue weighted by Crippen LogP contribution is 2.38. The molecule has 0 aliphatic carbocycles. The van der Waals surface area contributed by atoms with E-state index >= 15 is 0 Å². The van der Waals surface area contributed by atoms with E-state index in [1.165, 1.54) is 0 Å². The van der Waals surface area contributed by atoms with Gasteiger partial charge in [-0.1, -0.05) is 19.0 Å². The molecule has 8 nitrogen and oxygen atoms in total. The highest BCUT2D eigenvalue weighted by molar-refractivity contribution is 7.21. The van der Waals surface area contributed by atoms with Crippen molar-refractivity contribution in [1.29, 1.82) is 0 Å². The third-order valence-electron chi connectivity index (χ3n) is 5.14. The summed E-state index contributed by atoms with van der Waals surface area (Å²) in [6.45, 7) is 5.83. The Morgan fingerprint density at radius 1 is 1.27 bits per heavy atom. The maximum Gasteiger partial charge on any atom is 0.258 e. The van der Waals surface area contributed by atoms with Crippen molar-refractivity contribution in [3.05, 3.63) is 52.9 Å². The summed E-state index contributed by atoms with van der Waals surface area (Å²) in [4.78, 5) is 26.0. The van der Waals surface area contributed by atoms with E-state index < -0.39 is 6.04 Å². The first kappa shape index (κ1) is 21.5. The van der Waals surface area contributed by atoms with Gasteiger partial charge in [-0.05, 0) is 36.4 Å². The Bertz CT molecular complexity index is 1420. The fraction of sp³-hybridized carbons (Fsp3) is 0.261. The minimum Gasteiger partial charge on any atom is -0.483 e. The van der Waals surface area contributed by atoms with Gasteiger partial charge < -0.3 is 14.6 Å². The summed E-state index contributed by atoms with van der Waals surface area (Å²) in [5, 5.41) is 11.0. The molecule has 0 saturated carbocycles. The second kappa shape index (κ2) is 8.87. The van der Waals surface area contributed by atoms with Gasteiger partial charge in [0.2, 0.25) is 11.7 Å². The van der Waals surface area contributed by atoms with Gasteiger partial charge in [0.1, 0.15) is 11.8 Å². The lowest BCUT2D eigenvalue weighted by Crippen LogP contribution is -2.35. The molecule has 0 radical (unpaired) electrons. The number of ether oxygens (including phenoxy) is 1. The van der Waals surface area contributed by atoms with Crippen LogP contribution in [0.4, 0.5) is 0 Å². The van der Waals surface area contributed by atoms with Crippen molar-refractivity contribution < 1.29 is 14.1 Å². The van der Waals surface area contributed by atoms with Crippen LogP contribution in [0.5, 0.6) is 5.75 Å². The third kappa shape index (κ3) is 4.31. The number of aromatic nitrogens is 4. The summed E-state index contributed by atoms with van der Waals surface area (Å²) in [5.41, 5.74) is 1.73. The van der Waals surface area contributed by atoms with Crippen LogP contribution in [0.25, 0.3) is 31.7 Å². The zero-order valence-electron chi connectivity index (χ0n) is 18.2. The number of pyridine rings is 1. The van der Waals surface area contributed by atoms with Gasteiger partial charge in [0.05, 0.1) is 19.9 Å². The summed E-state index contributed by atoms with van der Waals surface area (Å²) in [6, 6.07) is 7.17. The monoisotopic (exact) mass is 479 g/mol. The Labute approximate surface area is 197 Å². The van der Waals surface area contributed by atoms with Gasteiger partial charge >= 0.3 is 0 Å². The Hall–Kier alpha value is -3.37. The molecule has 0 spiro atoms. The van der Waals surface area contributed by atoms with Crippen molar-refractivity contribution in [3.8, 4) is 17.1 Å². The minimum absolute atomic E-state index is 0.0382. The summed E-state index contributed by atoms with van der Waals surface area (Å²) < 4.78 is 13.5. The molecule has 0 saturated heterocycles. The van der Waals surface area contributed by atoms with Crippen LogP contribution in [0.3, 0.4) is 0 Å². The quantitative estimate of drug-likeness (QED) is 0.344. The maximum absolute atomic E-state index is 12.8. The van der Waals surface area contributed by atoms with E-state index in [0.717, 1.165) is 30.9 Å². The number of amides is 1. The van der Waals surface area contributed by atoms with Crippen LogP contribution in [-0.2, 0) is 4.79 Å². The fourth-order valence-corrected chi connectivity index (χ4v) is 5.39. The molecule has 0 bridgehead atoms. The second-order valence-electron chi connectivity index (χ2n) is 7.89. The number of carbonyl (C=O) groups excluding carboxylic acids is 1. The number of nitrogens with zero attached hydrogens (tertiary/aromatic N) is 4. The summed E-state index contributed by atoms with van der Waals surface area (Å²) >= 11 is 3.24. The van der Waals surface area contributed by atoms with E-state index in [2.05, 4.69) is 25.4 Å². The predicted molar refractivity (Wildman–Crippen MR) is 128 cm³/mol. The van der Waals surface area contributed by atoms with Gasteiger partial charge in [-0.2, -0.15) is 4.98 Å².